The lowest BCUT2D eigenvalue weighted by atomic mass is 10.0. The van der Waals surface area contributed by atoms with Gasteiger partial charge in [0.15, 0.2) is 0 Å². The molecule has 2 heterocycles. The van der Waals surface area contributed by atoms with E-state index in [4.69, 9.17) is 4.98 Å². The zero-order chi connectivity index (χ0) is 22.6. The third kappa shape index (κ3) is 4.35. The van der Waals surface area contributed by atoms with Crippen LogP contribution in [0.25, 0.3) is 22.2 Å². The monoisotopic (exact) mass is 435 g/mol. The first-order valence-electron chi connectivity index (χ1n) is 11.3. The van der Waals surface area contributed by atoms with Crippen LogP contribution in [0.3, 0.4) is 0 Å². The van der Waals surface area contributed by atoms with Gasteiger partial charge in [-0.2, -0.15) is 0 Å². The molecule has 0 aliphatic carbocycles. The molecule has 0 spiro atoms. The zero-order valence-corrected chi connectivity index (χ0v) is 18.3. The quantitative estimate of drug-likeness (QED) is 0.460. The summed E-state index contributed by atoms with van der Waals surface area (Å²) in [6.45, 7) is 0.630. The molecular weight excluding hydrogens is 410 g/mol. The average molecular weight is 436 g/mol. The number of likely N-dealkylation sites (tertiary alicyclic amines) is 1. The second kappa shape index (κ2) is 9.25. The van der Waals surface area contributed by atoms with Crippen LogP contribution in [0.15, 0.2) is 91.0 Å². The highest BCUT2D eigenvalue weighted by Crippen LogP contribution is 2.27. The molecule has 5 heteroatoms. The minimum Gasteiger partial charge on any atom is -0.328 e. The summed E-state index contributed by atoms with van der Waals surface area (Å²) in [5.74, 6) is -0.155. The standard InChI is InChI=1S/C28H25N3O2/c32-26-17-9-10-18-31(26)27(21-13-5-2-6-14-21)30-28(33)23-19-25(20-11-3-1-4-12-20)29-24-16-8-7-15-22(23)24/h1-8,11-16,19,27H,9-10,17-18H2,(H,30,33). The van der Waals surface area contributed by atoms with E-state index in [1.165, 1.54) is 0 Å². The Morgan fingerprint density at radius 1 is 0.879 bits per heavy atom. The smallest absolute Gasteiger partial charge is 0.253 e. The van der Waals surface area contributed by atoms with E-state index in [0.717, 1.165) is 40.6 Å². The van der Waals surface area contributed by atoms with Gasteiger partial charge in [-0.15, -0.1) is 0 Å². The largest absolute Gasteiger partial charge is 0.328 e. The fourth-order valence-corrected chi connectivity index (χ4v) is 4.40. The number of aromatic nitrogens is 1. The molecule has 1 aliphatic heterocycles. The highest BCUT2D eigenvalue weighted by atomic mass is 16.2. The van der Waals surface area contributed by atoms with Gasteiger partial charge in [-0.25, -0.2) is 4.98 Å². The van der Waals surface area contributed by atoms with Crippen molar-refractivity contribution in [2.75, 3.05) is 6.54 Å². The number of fused-ring (bicyclic) bond motifs is 1. The first kappa shape index (κ1) is 20.9. The first-order chi connectivity index (χ1) is 16.2. The molecule has 1 fully saturated rings. The Labute approximate surface area is 193 Å². The van der Waals surface area contributed by atoms with Gasteiger partial charge in [-0.05, 0) is 30.5 Å². The van der Waals surface area contributed by atoms with E-state index >= 15 is 0 Å². The molecule has 1 aliphatic rings. The van der Waals surface area contributed by atoms with Crippen molar-refractivity contribution in [1.82, 2.24) is 15.2 Å². The van der Waals surface area contributed by atoms with Crippen molar-refractivity contribution in [2.45, 2.75) is 25.4 Å². The lowest BCUT2D eigenvalue weighted by Gasteiger charge is -2.35. The third-order valence-corrected chi connectivity index (χ3v) is 6.09. The molecule has 2 amide bonds. The zero-order valence-electron chi connectivity index (χ0n) is 18.3. The van der Waals surface area contributed by atoms with E-state index < -0.39 is 6.17 Å². The molecule has 1 saturated heterocycles. The van der Waals surface area contributed by atoms with Crippen molar-refractivity contribution in [3.8, 4) is 11.3 Å². The van der Waals surface area contributed by atoms with Crippen LogP contribution in [0.2, 0.25) is 0 Å². The van der Waals surface area contributed by atoms with Gasteiger partial charge in [0.2, 0.25) is 5.91 Å². The van der Waals surface area contributed by atoms with Gasteiger partial charge in [0.1, 0.15) is 6.17 Å². The van der Waals surface area contributed by atoms with Crippen LogP contribution in [0.1, 0.15) is 41.3 Å². The summed E-state index contributed by atoms with van der Waals surface area (Å²) in [7, 11) is 0. The molecule has 0 bridgehead atoms. The molecule has 0 radical (unpaired) electrons. The maximum absolute atomic E-state index is 13.7. The number of rotatable bonds is 5. The van der Waals surface area contributed by atoms with Gasteiger partial charge in [0, 0.05) is 23.9 Å². The van der Waals surface area contributed by atoms with E-state index in [1.807, 2.05) is 91.0 Å². The Balaban J connectivity index is 1.56. The van der Waals surface area contributed by atoms with Gasteiger partial charge in [0.25, 0.3) is 5.91 Å². The number of hydrogen-bond donors (Lipinski definition) is 1. The molecule has 4 aromatic rings. The van der Waals surface area contributed by atoms with Crippen LogP contribution in [-0.2, 0) is 4.79 Å². The molecule has 164 valence electrons. The van der Waals surface area contributed by atoms with Crippen LogP contribution < -0.4 is 5.32 Å². The maximum atomic E-state index is 13.7. The number of benzene rings is 3. The van der Waals surface area contributed by atoms with Gasteiger partial charge < -0.3 is 10.2 Å². The molecule has 1 atom stereocenters. The van der Waals surface area contributed by atoms with Crippen LogP contribution in [0.5, 0.6) is 0 Å². The maximum Gasteiger partial charge on any atom is 0.253 e. The predicted molar refractivity (Wildman–Crippen MR) is 129 cm³/mol. The molecular formula is C28H25N3O2. The number of carbonyl (C=O) groups is 2. The van der Waals surface area contributed by atoms with Gasteiger partial charge in [0.05, 0.1) is 16.8 Å². The van der Waals surface area contributed by atoms with Crippen LogP contribution in [0.4, 0.5) is 0 Å². The minimum atomic E-state index is -0.515. The van der Waals surface area contributed by atoms with E-state index in [-0.39, 0.29) is 11.8 Å². The third-order valence-electron chi connectivity index (χ3n) is 6.09. The molecule has 1 aromatic heterocycles. The summed E-state index contributed by atoms with van der Waals surface area (Å²) in [6, 6.07) is 29.0. The molecule has 0 saturated carbocycles. The molecule has 1 unspecified atom stereocenters. The fourth-order valence-electron chi connectivity index (χ4n) is 4.40. The highest BCUT2D eigenvalue weighted by molar-refractivity contribution is 6.07. The fraction of sp³-hybridized carbons (Fsp3) is 0.179. The van der Waals surface area contributed by atoms with Crippen molar-refractivity contribution in [1.29, 1.82) is 0 Å². The SMILES string of the molecule is O=C(NC(c1ccccc1)N1CCCCC1=O)c1cc(-c2ccccc2)nc2ccccc12. The van der Waals surface area contributed by atoms with Crippen LogP contribution >= 0.6 is 0 Å². The number of carbonyl (C=O) groups excluding carboxylic acids is 2. The van der Waals surface area contributed by atoms with Gasteiger partial charge >= 0.3 is 0 Å². The number of amides is 2. The second-order valence-corrected chi connectivity index (χ2v) is 8.27. The number of pyridine rings is 1. The number of para-hydroxylation sites is 1. The first-order valence-corrected chi connectivity index (χ1v) is 11.3. The summed E-state index contributed by atoms with van der Waals surface area (Å²) in [5, 5.41) is 3.94. The Hall–Kier alpha value is -3.99. The summed E-state index contributed by atoms with van der Waals surface area (Å²) < 4.78 is 0. The highest BCUT2D eigenvalue weighted by Gasteiger charge is 2.29. The topological polar surface area (TPSA) is 62.3 Å². The predicted octanol–water partition coefficient (Wildman–Crippen LogP) is 5.34. The summed E-state index contributed by atoms with van der Waals surface area (Å²) in [5.41, 5.74) is 3.88. The van der Waals surface area contributed by atoms with Gasteiger partial charge in [-0.1, -0.05) is 78.9 Å². The lowest BCUT2D eigenvalue weighted by molar-refractivity contribution is -0.136. The summed E-state index contributed by atoms with van der Waals surface area (Å²) in [4.78, 5) is 33.0. The normalized spacial score (nSPS) is 14.8. The van der Waals surface area contributed by atoms with Crippen molar-refractivity contribution in [3.63, 3.8) is 0 Å². The Bertz CT molecular complexity index is 1290. The summed E-state index contributed by atoms with van der Waals surface area (Å²) >= 11 is 0. The average Bonchev–Trinajstić information content (AvgIpc) is 2.88. The molecule has 3 aromatic carbocycles. The second-order valence-electron chi connectivity index (χ2n) is 8.27. The number of piperidine rings is 1. The van der Waals surface area contributed by atoms with Crippen molar-refractivity contribution in [3.05, 3.63) is 102 Å². The van der Waals surface area contributed by atoms with Crippen molar-refractivity contribution >= 4 is 22.7 Å². The minimum absolute atomic E-state index is 0.0694. The van der Waals surface area contributed by atoms with E-state index in [0.29, 0.717) is 18.5 Å². The van der Waals surface area contributed by atoms with E-state index in [9.17, 15) is 9.59 Å². The Morgan fingerprint density at radius 2 is 1.58 bits per heavy atom. The van der Waals surface area contributed by atoms with Crippen molar-refractivity contribution in [2.24, 2.45) is 0 Å². The number of hydrogen-bond acceptors (Lipinski definition) is 3. The molecule has 5 nitrogen and oxygen atoms in total. The lowest BCUT2D eigenvalue weighted by Crippen LogP contribution is -2.46. The Kier molecular flexibility index (Phi) is 5.85. The molecule has 5 rings (SSSR count). The van der Waals surface area contributed by atoms with Gasteiger partial charge in [-0.3, -0.25) is 9.59 Å². The van der Waals surface area contributed by atoms with Crippen LogP contribution in [0, 0.1) is 0 Å². The number of nitrogens with one attached hydrogen (secondary N) is 1. The van der Waals surface area contributed by atoms with E-state index in [1.54, 1.807) is 4.90 Å². The summed E-state index contributed by atoms with van der Waals surface area (Å²) in [6.07, 6.45) is 1.82. The van der Waals surface area contributed by atoms with Crippen LogP contribution in [-0.4, -0.2) is 28.2 Å². The van der Waals surface area contributed by atoms with E-state index in [2.05, 4.69) is 5.32 Å². The molecule has 1 N–H and O–H groups in total. The number of nitrogens with zero attached hydrogens (tertiary/aromatic N) is 2. The Morgan fingerprint density at radius 3 is 2.33 bits per heavy atom. The van der Waals surface area contributed by atoms with Crippen molar-refractivity contribution < 1.29 is 9.59 Å². The molecule has 33 heavy (non-hydrogen) atoms.